The Morgan fingerprint density at radius 3 is 2.53 bits per heavy atom. The van der Waals surface area contributed by atoms with E-state index in [0.29, 0.717) is 5.41 Å². The van der Waals surface area contributed by atoms with Crippen LogP contribution in [0.2, 0.25) is 0 Å². The fourth-order valence-corrected chi connectivity index (χ4v) is 2.43. The van der Waals surface area contributed by atoms with Crippen LogP contribution in [-0.2, 0) is 6.54 Å². The smallest absolute Gasteiger partial charge is 0.0346 e. The lowest BCUT2D eigenvalue weighted by atomic mass is 9.82. The first-order valence-electron chi connectivity index (χ1n) is 6.54. The monoisotopic (exact) mass is 232 g/mol. The maximum Gasteiger partial charge on any atom is 0.0346 e. The summed E-state index contributed by atoms with van der Waals surface area (Å²) in [5.74, 6) is 0. The highest BCUT2D eigenvalue weighted by atomic mass is 15.1. The molecule has 0 unspecified atom stereocenters. The summed E-state index contributed by atoms with van der Waals surface area (Å²) >= 11 is 0. The highest BCUT2D eigenvalue weighted by Gasteiger charge is 2.25. The van der Waals surface area contributed by atoms with Crippen molar-refractivity contribution >= 4 is 5.69 Å². The SMILES string of the molecule is Cc1c(N)cccc1CN1CCC(C)(C)CC1. The summed E-state index contributed by atoms with van der Waals surface area (Å²) in [6, 6.07) is 6.25. The average molecular weight is 232 g/mol. The van der Waals surface area contributed by atoms with E-state index < -0.39 is 0 Å². The van der Waals surface area contributed by atoms with Crippen LogP contribution >= 0.6 is 0 Å². The van der Waals surface area contributed by atoms with Crippen LogP contribution in [0.1, 0.15) is 37.8 Å². The Kier molecular flexibility index (Phi) is 3.43. The number of piperidine rings is 1. The minimum Gasteiger partial charge on any atom is -0.399 e. The molecule has 0 radical (unpaired) electrons. The summed E-state index contributed by atoms with van der Waals surface area (Å²) < 4.78 is 0. The molecule has 0 saturated carbocycles. The number of hydrogen-bond donors (Lipinski definition) is 1. The molecule has 1 fully saturated rings. The van der Waals surface area contributed by atoms with Gasteiger partial charge in [0.1, 0.15) is 0 Å². The van der Waals surface area contributed by atoms with Crippen molar-refractivity contribution in [2.24, 2.45) is 5.41 Å². The van der Waals surface area contributed by atoms with E-state index >= 15 is 0 Å². The summed E-state index contributed by atoms with van der Waals surface area (Å²) in [4.78, 5) is 2.55. The van der Waals surface area contributed by atoms with Crippen LogP contribution in [0, 0.1) is 12.3 Å². The van der Waals surface area contributed by atoms with Crippen LogP contribution in [-0.4, -0.2) is 18.0 Å². The van der Waals surface area contributed by atoms with Crippen molar-refractivity contribution in [3.8, 4) is 0 Å². The molecule has 1 saturated heterocycles. The Balaban J connectivity index is 2.00. The van der Waals surface area contributed by atoms with Gasteiger partial charge in [0.2, 0.25) is 0 Å². The third-order valence-electron chi connectivity index (χ3n) is 4.09. The quantitative estimate of drug-likeness (QED) is 0.793. The van der Waals surface area contributed by atoms with Gasteiger partial charge in [-0.2, -0.15) is 0 Å². The Bertz CT molecular complexity index is 386. The lowest BCUT2D eigenvalue weighted by molar-refractivity contribution is 0.127. The van der Waals surface area contributed by atoms with Crippen molar-refractivity contribution in [3.05, 3.63) is 29.3 Å². The van der Waals surface area contributed by atoms with Crippen LogP contribution < -0.4 is 5.73 Å². The number of nitrogen functional groups attached to an aromatic ring is 1. The second-order valence-electron chi connectivity index (χ2n) is 6.07. The molecule has 0 aliphatic carbocycles. The molecule has 1 aliphatic rings. The topological polar surface area (TPSA) is 29.3 Å². The maximum absolute atomic E-state index is 5.95. The molecule has 17 heavy (non-hydrogen) atoms. The number of hydrogen-bond acceptors (Lipinski definition) is 2. The Morgan fingerprint density at radius 2 is 1.88 bits per heavy atom. The van der Waals surface area contributed by atoms with Gasteiger partial charge in [-0.15, -0.1) is 0 Å². The molecule has 0 spiro atoms. The second-order valence-corrected chi connectivity index (χ2v) is 6.07. The lowest BCUT2D eigenvalue weighted by Crippen LogP contribution is -2.36. The largest absolute Gasteiger partial charge is 0.399 e. The molecule has 94 valence electrons. The molecule has 2 heteroatoms. The van der Waals surface area contributed by atoms with E-state index in [2.05, 4.69) is 37.8 Å². The van der Waals surface area contributed by atoms with Crippen molar-refractivity contribution in [2.75, 3.05) is 18.8 Å². The second kappa shape index (κ2) is 4.69. The zero-order valence-electron chi connectivity index (χ0n) is 11.3. The summed E-state index contributed by atoms with van der Waals surface area (Å²) in [5, 5.41) is 0. The Hall–Kier alpha value is -1.02. The van der Waals surface area contributed by atoms with E-state index in [1.165, 1.54) is 37.1 Å². The fourth-order valence-electron chi connectivity index (χ4n) is 2.43. The van der Waals surface area contributed by atoms with Gasteiger partial charge in [0.25, 0.3) is 0 Å². The highest BCUT2D eigenvalue weighted by Crippen LogP contribution is 2.30. The molecule has 1 aromatic rings. The third-order valence-corrected chi connectivity index (χ3v) is 4.09. The third kappa shape index (κ3) is 3.01. The first-order chi connectivity index (χ1) is 7.98. The van der Waals surface area contributed by atoms with Crippen molar-refractivity contribution in [3.63, 3.8) is 0 Å². The van der Waals surface area contributed by atoms with E-state index in [0.717, 1.165) is 12.2 Å². The molecule has 0 atom stereocenters. The molecule has 1 aliphatic heterocycles. The van der Waals surface area contributed by atoms with Gasteiger partial charge in [-0.1, -0.05) is 26.0 Å². The summed E-state index contributed by atoms with van der Waals surface area (Å²) in [7, 11) is 0. The average Bonchev–Trinajstić information content (AvgIpc) is 2.27. The van der Waals surface area contributed by atoms with Gasteiger partial charge in [-0.05, 0) is 55.5 Å². The molecular weight excluding hydrogens is 208 g/mol. The van der Waals surface area contributed by atoms with Crippen molar-refractivity contribution < 1.29 is 0 Å². The number of rotatable bonds is 2. The van der Waals surface area contributed by atoms with Gasteiger partial charge in [-0.3, -0.25) is 4.90 Å². The molecule has 0 bridgehead atoms. The molecule has 2 rings (SSSR count). The van der Waals surface area contributed by atoms with Gasteiger partial charge in [0.15, 0.2) is 0 Å². The standard InChI is InChI=1S/C15H24N2/c1-12-13(5-4-6-14(12)16)11-17-9-7-15(2,3)8-10-17/h4-6H,7-11,16H2,1-3H3. The van der Waals surface area contributed by atoms with E-state index in [1.807, 2.05) is 6.07 Å². The van der Waals surface area contributed by atoms with Gasteiger partial charge in [-0.25, -0.2) is 0 Å². The molecule has 1 aromatic carbocycles. The number of benzene rings is 1. The molecule has 2 N–H and O–H groups in total. The van der Waals surface area contributed by atoms with E-state index in [9.17, 15) is 0 Å². The van der Waals surface area contributed by atoms with Crippen LogP contribution in [0.4, 0.5) is 5.69 Å². The van der Waals surface area contributed by atoms with Crippen LogP contribution in [0.15, 0.2) is 18.2 Å². The molecular formula is C15H24N2. The predicted octanol–water partition coefficient (Wildman–Crippen LogP) is 3.20. The maximum atomic E-state index is 5.95. The fraction of sp³-hybridized carbons (Fsp3) is 0.600. The summed E-state index contributed by atoms with van der Waals surface area (Å²) in [5.41, 5.74) is 10.0. The van der Waals surface area contributed by atoms with Crippen LogP contribution in [0.5, 0.6) is 0 Å². The van der Waals surface area contributed by atoms with Gasteiger partial charge < -0.3 is 5.73 Å². The summed E-state index contributed by atoms with van der Waals surface area (Å²) in [6.07, 6.45) is 2.60. The van der Waals surface area contributed by atoms with Crippen LogP contribution in [0.3, 0.4) is 0 Å². The molecule has 0 amide bonds. The molecule has 1 heterocycles. The van der Waals surface area contributed by atoms with E-state index in [-0.39, 0.29) is 0 Å². The zero-order valence-corrected chi connectivity index (χ0v) is 11.3. The Morgan fingerprint density at radius 1 is 1.24 bits per heavy atom. The number of anilines is 1. The highest BCUT2D eigenvalue weighted by molar-refractivity contribution is 5.49. The van der Waals surface area contributed by atoms with Crippen molar-refractivity contribution in [1.82, 2.24) is 4.90 Å². The zero-order chi connectivity index (χ0) is 12.5. The Labute approximate surface area is 105 Å². The van der Waals surface area contributed by atoms with Crippen molar-refractivity contribution in [2.45, 2.75) is 40.2 Å². The normalized spacial score (nSPS) is 20.4. The van der Waals surface area contributed by atoms with Gasteiger partial charge in [0.05, 0.1) is 0 Å². The minimum atomic E-state index is 0.529. The number of nitrogens with two attached hydrogens (primary N) is 1. The number of nitrogens with zero attached hydrogens (tertiary/aromatic N) is 1. The van der Waals surface area contributed by atoms with E-state index in [1.54, 1.807) is 0 Å². The number of likely N-dealkylation sites (tertiary alicyclic amines) is 1. The minimum absolute atomic E-state index is 0.529. The molecule has 2 nitrogen and oxygen atoms in total. The molecule has 0 aromatic heterocycles. The van der Waals surface area contributed by atoms with Gasteiger partial charge >= 0.3 is 0 Å². The predicted molar refractivity (Wildman–Crippen MR) is 73.9 cm³/mol. The van der Waals surface area contributed by atoms with E-state index in [4.69, 9.17) is 5.73 Å². The van der Waals surface area contributed by atoms with Crippen LogP contribution in [0.25, 0.3) is 0 Å². The first kappa shape index (κ1) is 12.4. The first-order valence-corrected chi connectivity index (χ1v) is 6.54. The van der Waals surface area contributed by atoms with Crippen molar-refractivity contribution in [1.29, 1.82) is 0 Å². The van der Waals surface area contributed by atoms with Gasteiger partial charge in [0, 0.05) is 12.2 Å². The lowest BCUT2D eigenvalue weighted by Gasteiger charge is -2.37. The summed E-state index contributed by atoms with van der Waals surface area (Å²) in [6.45, 7) is 10.3.